The molecule has 3 nitrogen and oxygen atoms in total. The van der Waals surface area contributed by atoms with Crippen LogP contribution in [0.2, 0.25) is 0 Å². The largest absolute Gasteiger partial charge is 0.243 e. The molecule has 0 fully saturated rings. The van der Waals surface area contributed by atoms with Crippen molar-refractivity contribution >= 4 is 21.8 Å². The van der Waals surface area contributed by atoms with Gasteiger partial charge in [0.05, 0.1) is 4.90 Å². The molecule has 120 valence electrons. The van der Waals surface area contributed by atoms with Crippen molar-refractivity contribution in [1.82, 2.24) is 4.31 Å². The van der Waals surface area contributed by atoms with Crippen LogP contribution >= 0.6 is 11.8 Å². The molecule has 0 aliphatic carbocycles. The number of hydrogen-bond acceptors (Lipinski definition) is 3. The summed E-state index contributed by atoms with van der Waals surface area (Å²) in [4.78, 5) is 2.79. The van der Waals surface area contributed by atoms with Gasteiger partial charge in [-0.25, -0.2) is 8.42 Å². The van der Waals surface area contributed by atoms with Crippen LogP contribution in [0.3, 0.4) is 0 Å². The minimum absolute atomic E-state index is 0.371. The Morgan fingerprint density at radius 2 is 1.70 bits per heavy atom. The van der Waals surface area contributed by atoms with E-state index in [4.69, 9.17) is 0 Å². The van der Waals surface area contributed by atoms with Crippen LogP contribution in [-0.2, 0) is 10.0 Å². The van der Waals surface area contributed by atoms with Crippen molar-refractivity contribution in [3.05, 3.63) is 71.1 Å². The van der Waals surface area contributed by atoms with Gasteiger partial charge in [-0.3, -0.25) is 0 Å². The first-order chi connectivity index (χ1) is 11.1. The molecule has 5 heteroatoms. The zero-order chi connectivity index (χ0) is 16.3. The number of thioether (sulfide) groups is 1. The number of nitrogens with zero attached hydrogens (tertiary/aromatic N) is 1. The summed E-state index contributed by atoms with van der Waals surface area (Å²) in [5, 5.41) is 0. The number of benzene rings is 2. The SMILES string of the molecule is Cc1ccc(S(=O)(=O)N2CC=C(Sc3ccccc3)CC2)cc1. The van der Waals surface area contributed by atoms with E-state index in [1.165, 1.54) is 9.80 Å². The molecule has 1 aliphatic heterocycles. The van der Waals surface area contributed by atoms with E-state index in [0.717, 1.165) is 12.0 Å². The Balaban J connectivity index is 1.71. The molecule has 23 heavy (non-hydrogen) atoms. The van der Waals surface area contributed by atoms with Gasteiger partial charge in [0, 0.05) is 18.0 Å². The molecular formula is C18H19NO2S2. The lowest BCUT2D eigenvalue weighted by Crippen LogP contribution is -2.34. The predicted molar refractivity (Wildman–Crippen MR) is 94.9 cm³/mol. The number of sulfonamides is 1. The third-order valence-corrected chi connectivity index (χ3v) is 6.80. The fourth-order valence-electron chi connectivity index (χ4n) is 2.44. The van der Waals surface area contributed by atoms with Crippen molar-refractivity contribution in [2.45, 2.75) is 23.1 Å². The van der Waals surface area contributed by atoms with Crippen LogP contribution in [0.4, 0.5) is 0 Å². The average molecular weight is 345 g/mol. The molecule has 2 aromatic rings. The monoisotopic (exact) mass is 345 g/mol. The molecule has 1 aliphatic rings. The maximum absolute atomic E-state index is 12.7. The molecule has 0 saturated heterocycles. The Bertz CT molecular complexity index is 797. The van der Waals surface area contributed by atoms with E-state index in [1.54, 1.807) is 28.2 Å². The molecule has 0 unspecified atom stereocenters. The van der Waals surface area contributed by atoms with E-state index in [2.05, 4.69) is 12.1 Å². The topological polar surface area (TPSA) is 37.4 Å². The van der Waals surface area contributed by atoms with Gasteiger partial charge in [0.1, 0.15) is 0 Å². The molecule has 2 aromatic carbocycles. The van der Waals surface area contributed by atoms with Crippen LogP contribution in [0.1, 0.15) is 12.0 Å². The Labute approximate surface area is 142 Å². The van der Waals surface area contributed by atoms with Crippen molar-refractivity contribution in [3.63, 3.8) is 0 Å². The van der Waals surface area contributed by atoms with Crippen molar-refractivity contribution in [3.8, 4) is 0 Å². The van der Waals surface area contributed by atoms with Crippen LogP contribution in [0.5, 0.6) is 0 Å². The molecule has 0 bridgehead atoms. The van der Waals surface area contributed by atoms with Gasteiger partial charge in [0.2, 0.25) is 10.0 Å². The van der Waals surface area contributed by atoms with Gasteiger partial charge in [0.25, 0.3) is 0 Å². The average Bonchev–Trinajstić information content (AvgIpc) is 2.57. The van der Waals surface area contributed by atoms with Crippen LogP contribution in [0.25, 0.3) is 0 Å². The van der Waals surface area contributed by atoms with E-state index < -0.39 is 10.0 Å². The highest BCUT2D eigenvalue weighted by atomic mass is 32.2. The number of hydrogen-bond donors (Lipinski definition) is 0. The molecule has 1 heterocycles. The summed E-state index contributed by atoms with van der Waals surface area (Å²) in [6, 6.07) is 17.2. The van der Waals surface area contributed by atoms with E-state index in [9.17, 15) is 8.42 Å². The highest BCUT2D eigenvalue weighted by Crippen LogP contribution is 2.32. The quantitative estimate of drug-likeness (QED) is 0.838. The second-order valence-corrected chi connectivity index (χ2v) is 8.65. The predicted octanol–water partition coefficient (Wildman–Crippen LogP) is 4.07. The van der Waals surface area contributed by atoms with Gasteiger partial charge in [-0.15, -0.1) is 0 Å². The van der Waals surface area contributed by atoms with Crippen molar-refractivity contribution in [2.75, 3.05) is 13.1 Å². The minimum Gasteiger partial charge on any atom is -0.207 e. The summed E-state index contributed by atoms with van der Waals surface area (Å²) in [5.74, 6) is 0. The second kappa shape index (κ2) is 6.91. The van der Waals surface area contributed by atoms with Gasteiger partial charge in [0.15, 0.2) is 0 Å². The Hall–Kier alpha value is -1.56. The van der Waals surface area contributed by atoms with E-state index >= 15 is 0 Å². The summed E-state index contributed by atoms with van der Waals surface area (Å²) in [6.45, 7) is 2.92. The number of rotatable bonds is 4. The van der Waals surface area contributed by atoms with Gasteiger partial charge in [-0.1, -0.05) is 53.7 Å². The molecule has 0 atom stereocenters. The highest BCUT2D eigenvalue weighted by Gasteiger charge is 2.26. The zero-order valence-corrected chi connectivity index (χ0v) is 14.6. The first kappa shape index (κ1) is 16.3. The number of aryl methyl sites for hydroxylation is 1. The van der Waals surface area contributed by atoms with E-state index in [1.807, 2.05) is 43.3 Å². The summed E-state index contributed by atoms with van der Waals surface area (Å²) < 4.78 is 26.9. The second-order valence-electron chi connectivity index (χ2n) is 5.51. The third-order valence-electron chi connectivity index (χ3n) is 3.78. The molecule has 3 rings (SSSR count). The standard InChI is InChI=1S/C18H19NO2S2/c1-15-7-9-18(10-8-15)23(20,21)19-13-11-17(12-14-19)22-16-5-3-2-4-6-16/h2-11H,12-14H2,1H3. The molecule has 0 spiro atoms. The van der Waals surface area contributed by atoms with Crippen LogP contribution < -0.4 is 0 Å². The smallest absolute Gasteiger partial charge is 0.207 e. The lowest BCUT2D eigenvalue weighted by molar-refractivity contribution is 0.436. The van der Waals surface area contributed by atoms with E-state index in [-0.39, 0.29) is 0 Å². The highest BCUT2D eigenvalue weighted by molar-refractivity contribution is 8.03. The maximum Gasteiger partial charge on any atom is 0.243 e. The van der Waals surface area contributed by atoms with Crippen LogP contribution in [0.15, 0.2) is 75.4 Å². The van der Waals surface area contributed by atoms with E-state index in [0.29, 0.717) is 18.0 Å². The molecular weight excluding hydrogens is 326 g/mol. The molecule has 0 radical (unpaired) electrons. The lowest BCUT2D eigenvalue weighted by atomic mass is 10.2. The normalized spacial score (nSPS) is 16.1. The summed E-state index contributed by atoms with van der Waals surface area (Å²) >= 11 is 1.71. The molecule has 0 amide bonds. The first-order valence-corrected chi connectivity index (χ1v) is 9.80. The maximum atomic E-state index is 12.7. The Kier molecular flexibility index (Phi) is 4.90. The Morgan fingerprint density at radius 3 is 2.30 bits per heavy atom. The minimum atomic E-state index is -3.40. The van der Waals surface area contributed by atoms with Gasteiger partial charge in [-0.2, -0.15) is 4.31 Å². The molecule has 0 N–H and O–H groups in total. The van der Waals surface area contributed by atoms with Crippen LogP contribution in [-0.4, -0.2) is 25.8 Å². The van der Waals surface area contributed by atoms with Crippen LogP contribution in [0, 0.1) is 6.92 Å². The third kappa shape index (κ3) is 3.86. The van der Waals surface area contributed by atoms with Crippen molar-refractivity contribution in [1.29, 1.82) is 0 Å². The van der Waals surface area contributed by atoms with Gasteiger partial charge < -0.3 is 0 Å². The van der Waals surface area contributed by atoms with Gasteiger partial charge in [-0.05, 0) is 42.5 Å². The Morgan fingerprint density at radius 1 is 1.00 bits per heavy atom. The van der Waals surface area contributed by atoms with Gasteiger partial charge >= 0.3 is 0 Å². The zero-order valence-electron chi connectivity index (χ0n) is 13.0. The fourth-order valence-corrected chi connectivity index (χ4v) is 4.77. The summed E-state index contributed by atoms with van der Waals surface area (Å²) in [5.41, 5.74) is 1.06. The summed E-state index contributed by atoms with van der Waals surface area (Å²) in [6.07, 6.45) is 2.78. The van der Waals surface area contributed by atoms with Crippen molar-refractivity contribution < 1.29 is 8.42 Å². The first-order valence-electron chi connectivity index (χ1n) is 7.54. The molecule has 0 saturated carbocycles. The lowest BCUT2D eigenvalue weighted by Gasteiger charge is -2.25. The fraction of sp³-hybridized carbons (Fsp3) is 0.222. The summed E-state index contributed by atoms with van der Waals surface area (Å²) in [7, 11) is -3.40. The molecule has 0 aromatic heterocycles. The van der Waals surface area contributed by atoms with Crippen molar-refractivity contribution in [2.24, 2.45) is 0 Å².